The lowest BCUT2D eigenvalue weighted by molar-refractivity contribution is 0.402. The molecular weight excluding hydrogens is 420 g/mol. The Labute approximate surface area is 178 Å². The van der Waals surface area contributed by atoms with Crippen LogP contribution in [0.4, 0.5) is 0 Å². The molecule has 0 aliphatic carbocycles. The third-order valence-electron chi connectivity index (χ3n) is 5.31. The van der Waals surface area contributed by atoms with Crippen LogP contribution >= 0.6 is 0 Å². The van der Waals surface area contributed by atoms with Gasteiger partial charge in [0, 0.05) is 0 Å². The quantitative estimate of drug-likeness (QED) is 0.575. The number of rotatable bonds is 5. The Kier molecular flexibility index (Phi) is 5.80. The fourth-order valence-electron chi connectivity index (χ4n) is 3.06. The van der Waals surface area contributed by atoms with Crippen molar-refractivity contribution in [3.8, 4) is 5.75 Å². The molecule has 3 aromatic rings. The molecule has 0 unspecified atom stereocenters. The highest BCUT2D eigenvalue weighted by molar-refractivity contribution is 7.92. The summed E-state index contributed by atoms with van der Waals surface area (Å²) in [5.74, 6) is 0.0901. The molecule has 0 radical (unpaired) electrons. The van der Waals surface area contributed by atoms with Gasteiger partial charge in [-0.1, -0.05) is 12.1 Å². The zero-order chi connectivity index (χ0) is 22.3. The number of aryl methyl sites for hydroxylation is 4. The van der Waals surface area contributed by atoms with Crippen LogP contribution < -0.4 is 4.74 Å². The second-order valence-corrected chi connectivity index (χ2v) is 11.2. The van der Waals surface area contributed by atoms with E-state index in [1.165, 1.54) is 37.4 Å². The monoisotopic (exact) mass is 444 g/mol. The minimum Gasteiger partial charge on any atom is -0.495 e. The Morgan fingerprint density at radius 1 is 0.567 bits per heavy atom. The third kappa shape index (κ3) is 3.87. The zero-order valence-corrected chi connectivity index (χ0v) is 19.2. The normalized spacial score (nSPS) is 12.0. The highest BCUT2D eigenvalue weighted by Crippen LogP contribution is 2.34. The predicted octanol–water partition coefficient (Wildman–Crippen LogP) is 4.59. The van der Waals surface area contributed by atoms with Crippen molar-refractivity contribution in [2.75, 3.05) is 7.11 Å². The molecular formula is C23H24O5S2. The summed E-state index contributed by atoms with van der Waals surface area (Å²) in [7, 11) is -6.54. The smallest absolute Gasteiger partial charge is 0.210 e. The first-order chi connectivity index (χ1) is 14.0. The summed E-state index contributed by atoms with van der Waals surface area (Å²) >= 11 is 0. The molecule has 0 aliphatic rings. The van der Waals surface area contributed by atoms with E-state index in [1.807, 2.05) is 27.7 Å². The number of sulfone groups is 2. The second kappa shape index (κ2) is 7.89. The second-order valence-electron chi connectivity index (χ2n) is 7.31. The van der Waals surface area contributed by atoms with Crippen molar-refractivity contribution in [1.82, 2.24) is 0 Å². The number of benzene rings is 3. The van der Waals surface area contributed by atoms with E-state index >= 15 is 0 Å². The predicted molar refractivity (Wildman–Crippen MR) is 116 cm³/mol. The summed E-state index contributed by atoms with van der Waals surface area (Å²) in [6.07, 6.45) is 0. The Hall–Kier alpha value is -2.64. The molecule has 7 heteroatoms. The van der Waals surface area contributed by atoms with Gasteiger partial charge in [0.05, 0.1) is 21.8 Å². The van der Waals surface area contributed by atoms with Gasteiger partial charge < -0.3 is 4.74 Å². The van der Waals surface area contributed by atoms with Crippen molar-refractivity contribution in [2.45, 2.75) is 47.3 Å². The van der Waals surface area contributed by atoms with E-state index in [9.17, 15) is 16.8 Å². The molecule has 3 aromatic carbocycles. The largest absolute Gasteiger partial charge is 0.495 e. The molecule has 30 heavy (non-hydrogen) atoms. The van der Waals surface area contributed by atoms with Gasteiger partial charge in [0.15, 0.2) is 0 Å². The minimum absolute atomic E-state index is 0.0876. The highest BCUT2D eigenvalue weighted by Gasteiger charge is 2.27. The van der Waals surface area contributed by atoms with E-state index in [0.29, 0.717) is 0 Å². The van der Waals surface area contributed by atoms with Crippen molar-refractivity contribution >= 4 is 19.7 Å². The molecule has 0 N–H and O–H groups in total. The van der Waals surface area contributed by atoms with E-state index < -0.39 is 19.7 Å². The maximum absolute atomic E-state index is 13.3. The summed E-state index contributed by atoms with van der Waals surface area (Å²) < 4.78 is 58.2. The van der Waals surface area contributed by atoms with Gasteiger partial charge in [0.1, 0.15) is 10.6 Å². The fourth-order valence-corrected chi connectivity index (χ4v) is 6.04. The van der Waals surface area contributed by atoms with Crippen molar-refractivity contribution in [1.29, 1.82) is 0 Å². The number of methoxy groups -OCH3 is 1. The van der Waals surface area contributed by atoms with E-state index in [1.54, 1.807) is 24.3 Å². The van der Waals surface area contributed by atoms with Gasteiger partial charge in [0.25, 0.3) is 0 Å². The molecule has 0 bridgehead atoms. The van der Waals surface area contributed by atoms with Crippen LogP contribution in [0.2, 0.25) is 0 Å². The summed E-state index contributed by atoms with van der Waals surface area (Å²) in [6, 6.07) is 13.6. The van der Waals surface area contributed by atoms with Crippen LogP contribution in [-0.4, -0.2) is 23.9 Å². The van der Waals surface area contributed by atoms with Gasteiger partial charge in [-0.3, -0.25) is 0 Å². The van der Waals surface area contributed by atoms with Crippen molar-refractivity contribution in [3.63, 3.8) is 0 Å². The molecule has 3 rings (SSSR count). The number of hydrogen-bond acceptors (Lipinski definition) is 5. The van der Waals surface area contributed by atoms with Crippen LogP contribution in [0.5, 0.6) is 5.75 Å². The summed E-state index contributed by atoms with van der Waals surface area (Å²) in [4.78, 5) is -0.0814. The maximum atomic E-state index is 13.3. The van der Waals surface area contributed by atoms with Crippen LogP contribution in [0.3, 0.4) is 0 Å². The number of hydrogen-bond donors (Lipinski definition) is 0. The standard InChI is InChI=1S/C23H24O5S2/c1-15-6-8-19(12-17(15)3)29(24,25)21-10-11-22(28-5)23(14-21)30(26,27)20-9-7-16(2)18(4)13-20/h6-14H,1-5H3. The highest BCUT2D eigenvalue weighted by atomic mass is 32.2. The molecule has 0 aliphatic heterocycles. The van der Waals surface area contributed by atoms with Crippen molar-refractivity contribution in [2.24, 2.45) is 0 Å². The van der Waals surface area contributed by atoms with Crippen LogP contribution in [-0.2, 0) is 19.7 Å². The average molecular weight is 445 g/mol. The topological polar surface area (TPSA) is 77.5 Å². The first kappa shape index (κ1) is 22.1. The van der Waals surface area contributed by atoms with Gasteiger partial charge in [-0.2, -0.15) is 0 Å². The third-order valence-corrected chi connectivity index (χ3v) is 8.83. The minimum atomic E-state index is -3.99. The lowest BCUT2D eigenvalue weighted by atomic mass is 10.1. The van der Waals surface area contributed by atoms with E-state index in [2.05, 4.69) is 0 Å². The van der Waals surface area contributed by atoms with Crippen molar-refractivity contribution < 1.29 is 21.6 Å². The van der Waals surface area contributed by atoms with Gasteiger partial charge in [-0.15, -0.1) is 0 Å². The van der Waals surface area contributed by atoms with E-state index in [4.69, 9.17) is 4.74 Å². The summed E-state index contributed by atoms with van der Waals surface area (Å²) in [6.45, 7) is 7.45. The van der Waals surface area contributed by atoms with E-state index in [-0.39, 0.29) is 25.3 Å². The SMILES string of the molecule is COc1ccc(S(=O)(=O)c2ccc(C)c(C)c2)cc1S(=O)(=O)c1ccc(C)c(C)c1. The molecule has 0 aromatic heterocycles. The Bertz CT molecular complexity index is 1340. The first-order valence-electron chi connectivity index (χ1n) is 9.31. The van der Waals surface area contributed by atoms with Crippen molar-refractivity contribution in [3.05, 3.63) is 76.9 Å². The molecule has 5 nitrogen and oxygen atoms in total. The molecule has 0 fully saturated rings. The van der Waals surface area contributed by atoms with Gasteiger partial charge in [-0.25, -0.2) is 16.8 Å². The van der Waals surface area contributed by atoms with E-state index in [0.717, 1.165) is 22.3 Å². The first-order valence-corrected chi connectivity index (χ1v) is 12.3. The maximum Gasteiger partial charge on any atom is 0.210 e. The molecule has 0 spiro atoms. The Balaban J connectivity index is 2.20. The lowest BCUT2D eigenvalue weighted by Crippen LogP contribution is -2.08. The van der Waals surface area contributed by atoms with Gasteiger partial charge in [0.2, 0.25) is 19.7 Å². The molecule has 158 valence electrons. The van der Waals surface area contributed by atoms with Crippen LogP contribution in [0, 0.1) is 27.7 Å². The Morgan fingerprint density at radius 3 is 1.47 bits per heavy atom. The van der Waals surface area contributed by atoms with Gasteiger partial charge in [-0.05, 0) is 92.4 Å². The molecule has 0 saturated heterocycles. The Morgan fingerprint density at radius 2 is 1.00 bits per heavy atom. The fraction of sp³-hybridized carbons (Fsp3) is 0.217. The lowest BCUT2D eigenvalue weighted by Gasteiger charge is -2.13. The number of ether oxygens (including phenoxy) is 1. The van der Waals surface area contributed by atoms with Crippen LogP contribution in [0.15, 0.2) is 74.2 Å². The van der Waals surface area contributed by atoms with Crippen LogP contribution in [0.25, 0.3) is 0 Å². The molecule has 0 atom stereocenters. The molecule has 0 saturated carbocycles. The molecule has 0 amide bonds. The zero-order valence-electron chi connectivity index (χ0n) is 17.6. The van der Waals surface area contributed by atoms with Gasteiger partial charge >= 0.3 is 0 Å². The summed E-state index contributed by atoms with van der Waals surface area (Å²) in [5.41, 5.74) is 3.61. The van der Waals surface area contributed by atoms with Crippen LogP contribution in [0.1, 0.15) is 22.3 Å². The average Bonchev–Trinajstić information content (AvgIpc) is 2.71. The summed E-state index contributed by atoms with van der Waals surface area (Å²) in [5, 5.41) is 0. The molecule has 0 heterocycles.